The molecule has 0 radical (unpaired) electrons. The molecule has 2 aromatic carbocycles. The van der Waals surface area contributed by atoms with Crippen molar-refractivity contribution >= 4 is 17.6 Å². The number of rotatable bonds is 5. The topological polar surface area (TPSA) is 94.8 Å². The second kappa shape index (κ2) is 8.32. The average molecular weight is 411 g/mol. The molecule has 1 amide bonds. The summed E-state index contributed by atoms with van der Waals surface area (Å²) in [4.78, 5) is 26.3. The zero-order valence-corrected chi connectivity index (χ0v) is 16.1. The highest BCUT2D eigenvalue weighted by Crippen LogP contribution is 2.31. The second-order valence-corrected chi connectivity index (χ2v) is 6.63. The predicted molar refractivity (Wildman–Crippen MR) is 103 cm³/mol. The molecule has 2 heterocycles. The number of fused-ring (bicyclic) bond motifs is 1. The number of halogens is 1. The summed E-state index contributed by atoms with van der Waals surface area (Å²) < 4.78 is 29.5. The molecule has 1 aliphatic heterocycles. The van der Waals surface area contributed by atoms with Crippen LogP contribution in [0.1, 0.15) is 25.3 Å². The number of benzene rings is 2. The van der Waals surface area contributed by atoms with Gasteiger partial charge in [0, 0.05) is 5.56 Å². The van der Waals surface area contributed by atoms with E-state index >= 15 is 0 Å². The Morgan fingerprint density at radius 1 is 1.20 bits per heavy atom. The molecular weight excluding hydrogens is 393 g/mol. The van der Waals surface area contributed by atoms with E-state index in [2.05, 4.69) is 10.2 Å². The van der Waals surface area contributed by atoms with Crippen LogP contribution in [-0.2, 0) is 14.3 Å². The molecule has 4 rings (SSSR count). The zero-order chi connectivity index (χ0) is 21.1. The van der Waals surface area contributed by atoms with Crippen LogP contribution < -0.4 is 9.64 Å². The van der Waals surface area contributed by atoms with Crippen molar-refractivity contribution in [3.05, 3.63) is 60.2 Å². The fourth-order valence-corrected chi connectivity index (χ4v) is 3.02. The SMILES string of the molecule is C[C@@H](OC(=O)CN1C(=O)CCOc2ccccc21)c1nnc(-c2ccc(F)cc2)o1. The first-order chi connectivity index (χ1) is 14.5. The maximum Gasteiger partial charge on any atom is 0.326 e. The van der Waals surface area contributed by atoms with Crippen molar-refractivity contribution in [3.8, 4) is 17.2 Å². The van der Waals surface area contributed by atoms with Crippen molar-refractivity contribution in [2.24, 2.45) is 0 Å². The molecule has 0 bridgehead atoms. The van der Waals surface area contributed by atoms with Crippen molar-refractivity contribution < 1.29 is 27.9 Å². The van der Waals surface area contributed by atoms with E-state index < -0.39 is 12.1 Å². The van der Waals surface area contributed by atoms with Crippen molar-refractivity contribution in [2.75, 3.05) is 18.1 Å². The van der Waals surface area contributed by atoms with Crippen LogP contribution in [0.3, 0.4) is 0 Å². The Morgan fingerprint density at radius 2 is 1.97 bits per heavy atom. The van der Waals surface area contributed by atoms with Gasteiger partial charge in [0.15, 0.2) is 6.10 Å². The third-order valence-electron chi connectivity index (χ3n) is 4.51. The summed E-state index contributed by atoms with van der Waals surface area (Å²) in [5.74, 6) is -0.439. The van der Waals surface area contributed by atoms with Gasteiger partial charge in [-0.1, -0.05) is 12.1 Å². The summed E-state index contributed by atoms with van der Waals surface area (Å²) in [6.45, 7) is 1.55. The molecule has 0 fully saturated rings. The Bertz CT molecular complexity index is 1070. The lowest BCUT2D eigenvalue weighted by molar-refractivity contribution is -0.148. The van der Waals surface area contributed by atoms with Crippen LogP contribution in [-0.4, -0.2) is 35.2 Å². The van der Waals surface area contributed by atoms with E-state index in [1.54, 1.807) is 31.2 Å². The van der Waals surface area contributed by atoms with Crippen LogP contribution >= 0.6 is 0 Å². The van der Waals surface area contributed by atoms with E-state index in [1.165, 1.54) is 29.2 Å². The zero-order valence-electron chi connectivity index (χ0n) is 16.1. The first-order valence-corrected chi connectivity index (χ1v) is 9.32. The van der Waals surface area contributed by atoms with Crippen LogP contribution in [0.2, 0.25) is 0 Å². The maximum absolute atomic E-state index is 13.1. The van der Waals surface area contributed by atoms with Crippen LogP contribution in [0.15, 0.2) is 52.9 Å². The van der Waals surface area contributed by atoms with Crippen LogP contribution in [0.5, 0.6) is 5.75 Å². The Kier molecular flexibility index (Phi) is 5.42. The molecule has 154 valence electrons. The number of anilines is 1. The van der Waals surface area contributed by atoms with E-state index in [0.717, 1.165) is 0 Å². The predicted octanol–water partition coefficient (Wildman–Crippen LogP) is 3.30. The number of nitrogens with zero attached hydrogens (tertiary/aromatic N) is 3. The Morgan fingerprint density at radius 3 is 2.77 bits per heavy atom. The number of aromatic nitrogens is 2. The molecule has 0 spiro atoms. The van der Waals surface area contributed by atoms with Crippen LogP contribution in [0, 0.1) is 5.82 Å². The molecule has 1 aromatic heterocycles. The molecule has 0 aliphatic carbocycles. The molecule has 0 N–H and O–H groups in total. The minimum atomic E-state index is -0.826. The lowest BCUT2D eigenvalue weighted by Gasteiger charge is -2.21. The monoisotopic (exact) mass is 411 g/mol. The number of amides is 1. The Balaban J connectivity index is 1.44. The van der Waals surface area contributed by atoms with Gasteiger partial charge in [0.05, 0.1) is 18.7 Å². The quantitative estimate of drug-likeness (QED) is 0.595. The first kappa shape index (κ1) is 19.6. The molecule has 0 saturated carbocycles. The third kappa shape index (κ3) is 4.14. The van der Waals surface area contributed by atoms with E-state index in [0.29, 0.717) is 17.0 Å². The summed E-state index contributed by atoms with van der Waals surface area (Å²) in [7, 11) is 0. The van der Waals surface area contributed by atoms with E-state index in [-0.39, 0.29) is 43.1 Å². The molecular formula is C21H18FN3O5. The minimum absolute atomic E-state index is 0.0913. The van der Waals surface area contributed by atoms with Gasteiger partial charge in [-0.15, -0.1) is 10.2 Å². The lowest BCUT2D eigenvalue weighted by atomic mass is 10.2. The molecule has 0 saturated heterocycles. The first-order valence-electron chi connectivity index (χ1n) is 9.32. The van der Waals surface area contributed by atoms with Crippen molar-refractivity contribution in [2.45, 2.75) is 19.4 Å². The highest BCUT2D eigenvalue weighted by atomic mass is 19.1. The molecule has 8 nitrogen and oxygen atoms in total. The maximum atomic E-state index is 13.1. The molecule has 3 aromatic rings. The van der Waals surface area contributed by atoms with Gasteiger partial charge in [-0.2, -0.15) is 0 Å². The summed E-state index contributed by atoms with van der Waals surface area (Å²) >= 11 is 0. The van der Waals surface area contributed by atoms with Crippen molar-refractivity contribution in [1.82, 2.24) is 10.2 Å². The van der Waals surface area contributed by atoms with Gasteiger partial charge < -0.3 is 13.9 Å². The summed E-state index contributed by atoms with van der Waals surface area (Å²) in [6.07, 6.45) is -0.671. The smallest absolute Gasteiger partial charge is 0.326 e. The normalized spacial score (nSPS) is 14.5. The number of hydrogen-bond acceptors (Lipinski definition) is 7. The summed E-state index contributed by atoms with van der Waals surface area (Å²) in [5, 5.41) is 7.80. The fraction of sp³-hybridized carbons (Fsp3) is 0.238. The third-order valence-corrected chi connectivity index (χ3v) is 4.51. The van der Waals surface area contributed by atoms with Crippen LogP contribution in [0.4, 0.5) is 10.1 Å². The Hall–Kier alpha value is -3.75. The van der Waals surface area contributed by atoms with Gasteiger partial charge in [-0.25, -0.2) is 4.39 Å². The number of carbonyl (C=O) groups is 2. The van der Waals surface area contributed by atoms with Gasteiger partial charge in [-0.05, 0) is 43.3 Å². The van der Waals surface area contributed by atoms with Gasteiger partial charge in [0.2, 0.25) is 11.8 Å². The lowest BCUT2D eigenvalue weighted by Crippen LogP contribution is -2.36. The van der Waals surface area contributed by atoms with Crippen LogP contribution in [0.25, 0.3) is 11.5 Å². The molecule has 0 unspecified atom stereocenters. The van der Waals surface area contributed by atoms with Gasteiger partial charge >= 0.3 is 5.97 Å². The standard InChI is InChI=1S/C21H18FN3O5/c1-13(20-23-24-21(30-20)14-6-8-15(22)9-7-14)29-19(27)12-25-16-4-2-3-5-17(16)28-11-10-18(25)26/h2-9,13H,10-12H2,1H3/t13-/m1/s1. The van der Waals surface area contributed by atoms with E-state index in [9.17, 15) is 14.0 Å². The number of carbonyl (C=O) groups excluding carboxylic acids is 2. The highest BCUT2D eigenvalue weighted by Gasteiger charge is 2.27. The van der Waals surface area contributed by atoms with E-state index in [1.807, 2.05) is 0 Å². The van der Waals surface area contributed by atoms with Gasteiger partial charge in [0.1, 0.15) is 18.1 Å². The second-order valence-electron chi connectivity index (χ2n) is 6.63. The number of hydrogen-bond donors (Lipinski definition) is 0. The average Bonchev–Trinajstić information content (AvgIpc) is 3.18. The van der Waals surface area contributed by atoms with E-state index in [4.69, 9.17) is 13.9 Å². The fourth-order valence-electron chi connectivity index (χ4n) is 3.02. The minimum Gasteiger partial charge on any atom is -0.491 e. The molecule has 1 atom stereocenters. The molecule has 9 heteroatoms. The molecule has 1 aliphatic rings. The largest absolute Gasteiger partial charge is 0.491 e. The summed E-state index contributed by atoms with van der Waals surface area (Å²) in [5.41, 5.74) is 1.06. The van der Waals surface area contributed by atoms with Gasteiger partial charge in [-0.3, -0.25) is 14.5 Å². The number of para-hydroxylation sites is 2. The number of esters is 1. The molecule has 30 heavy (non-hydrogen) atoms. The van der Waals surface area contributed by atoms with Crippen molar-refractivity contribution in [3.63, 3.8) is 0 Å². The van der Waals surface area contributed by atoms with Crippen molar-refractivity contribution in [1.29, 1.82) is 0 Å². The summed E-state index contributed by atoms with van der Waals surface area (Å²) in [6, 6.07) is 12.6. The Labute approximate surface area is 171 Å². The van der Waals surface area contributed by atoms with Gasteiger partial charge in [0.25, 0.3) is 5.89 Å². The number of ether oxygens (including phenoxy) is 2. The highest BCUT2D eigenvalue weighted by molar-refractivity contribution is 5.99.